The van der Waals surface area contributed by atoms with Gasteiger partial charge in [-0.15, -0.1) is 0 Å². The van der Waals surface area contributed by atoms with Gasteiger partial charge in [-0.1, -0.05) is 25.5 Å². The van der Waals surface area contributed by atoms with Crippen LogP contribution >= 0.6 is 0 Å². The van der Waals surface area contributed by atoms with Gasteiger partial charge in [0, 0.05) is 30.4 Å². The lowest BCUT2D eigenvalue weighted by Crippen LogP contribution is -2.32. The molecule has 2 N–H and O–H groups in total. The summed E-state index contributed by atoms with van der Waals surface area (Å²) in [6.07, 6.45) is 8.25. The van der Waals surface area contributed by atoms with Crippen molar-refractivity contribution in [2.45, 2.75) is 38.5 Å². The molecule has 2 aromatic heterocycles. The SMILES string of the molecule is CCCCOc1cccc(-c2nc(C3CC(CN(C)C)C3)n3ccnc(N)c23)c1. The summed E-state index contributed by atoms with van der Waals surface area (Å²) in [6, 6.07) is 8.15. The van der Waals surface area contributed by atoms with Crippen LogP contribution in [0.5, 0.6) is 5.75 Å². The zero-order valence-electron chi connectivity index (χ0n) is 17.6. The molecule has 0 aliphatic heterocycles. The maximum Gasteiger partial charge on any atom is 0.150 e. The number of unbranched alkanes of at least 4 members (excludes halogenated alkanes) is 1. The average molecular weight is 394 g/mol. The lowest BCUT2D eigenvalue weighted by atomic mass is 9.74. The molecule has 0 atom stereocenters. The van der Waals surface area contributed by atoms with Gasteiger partial charge in [-0.2, -0.15) is 0 Å². The Morgan fingerprint density at radius 2 is 2.10 bits per heavy atom. The number of anilines is 1. The molecule has 0 saturated heterocycles. The molecule has 4 rings (SSSR count). The van der Waals surface area contributed by atoms with Crippen molar-refractivity contribution in [1.29, 1.82) is 0 Å². The number of hydrogen-bond donors (Lipinski definition) is 1. The Bertz CT molecular complexity index is 975. The average Bonchev–Trinajstić information content (AvgIpc) is 3.05. The maximum atomic E-state index is 6.29. The molecule has 1 aliphatic rings. The van der Waals surface area contributed by atoms with Crippen LogP contribution < -0.4 is 10.5 Å². The number of nitrogens with zero attached hydrogens (tertiary/aromatic N) is 4. The number of fused-ring (bicyclic) bond motifs is 1. The van der Waals surface area contributed by atoms with Gasteiger partial charge >= 0.3 is 0 Å². The molecule has 0 amide bonds. The van der Waals surface area contributed by atoms with Gasteiger partial charge < -0.3 is 15.4 Å². The van der Waals surface area contributed by atoms with Crippen LogP contribution in [0.1, 0.15) is 44.3 Å². The molecular formula is C23H31N5O. The Kier molecular flexibility index (Phi) is 5.72. The molecule has 1 aromatic carbocycles. The zero-order chi connectivity index (χ0) is 20.4. The smallest absolute Gasteiger partial charge is 0.150 e. The first-order valence-electron chi connectivity index (χ1n) is 10.6. The Balaban J connectivity index is 1.66. The fourth-order valence-electron chi connectivity index (χ4n) is 4.26. The predicted octanol–water partition coefficient (Wildman–Crippen LogP) is 4.21. The van der Waals surface area contributed by atoms with Crippen molar-refractivity contribution in [2.75, 3.05) is 33.0 Å². The van der Waals surface area contributed by atoms with Crippen molar-refractivity contribution in [3.63, 3.8) is 0 Å². The van der Waals surface area contributed by atoms with Gasteiger partial charge in [0.2, 0.25) is 0 Å². The second-order valence-electron chi connectivity index (χ2n) is 8.38. The highest BCUT2D eigenvalue weighted by atomic mass is 16.5. The highest BCUT2D eigenvalue weighted by Gasteiger charge is 2.34. The highest BCUT2D eigenvalue weighted by Crippen LogP contribution is 2.43. The van der Waals surface area contributed by atoms with E-state index in [1.165, 1.54) is 12.8 Å². The van der Waals surface area contributed by atoms with Crippen molar-refractivity contribution >= 4 is 11.3 Å². The molecule has 29 heavy (non-hydrogen) atoms. The first kappa shape index (κ1) is 19.7. The Morgan fingerprint density at radius 3 is 2.86 bits per heavy atom. The quantitative estimate of drug-likeness (QED) is 0.581. The number of rotatable bonds is 8. The molecule has 154 valence electrons. The van der Waals surface area contributed by atoms with Gasteiger partial charge in [-0.25, -0.2) is 9.97 Å². The van der Waals surface area contributed by atoms with Crippen LogP contribution in [0.25, 0.3) is 16.8 Å². The van der Waals surface area contributed by atoms with Crippen LogP contribution in [-0.2, 0) is 0 Å². The molecule has 1 aliphatic carbocycles. The number of benzene rings is 1. The minimum Gasteiger partial charge on any atom is -0.494 e. The van der Waals surface area contributed by atoms with E-state index in [1.807, 2.05) is 18.3 Å². The second kappa shape index (κ2) is 8.41. The van der Waals surface area contributed by atoms with Crippen molar-refractivity contribution in [3.8, 4) is 17.0 Å². The normalized spacial score (nSPS) is 18.9. The molecule has 3 aromatic rings. The third kappa shape index (κ3) is 4.08. The molecule has 6 nitrogen and oxygen atoms in total. The van der Waals surface area contributed by atoms with E-state index in [4.69, 9.17) is 15.5 Å². The van der Waals surface area contributed by atoms with Crippen LogP contribution in [0.15, 0.2) is 36.7 Å². The van der Waals surface area contributed by atoms with Crippen LogP contribution in [0, 0.1) is 5.92 Å². The van der Waals surface area contributed by atoms with E-state index in [2.05, 4.69) is 47.4 Å². The summed E-state index contributed by atoms with van der Waals surface area (Å²) in [6.45, 7) is 4.03. The summed E-state index contributed by atoms with van der Waals surface area (Å²) in [4.78, 5) is 11.7. The summed E-state index contributed by atoms with van der Waals surface area (Å²) in [5, 5.41) is 0. The lowest BCUT2D eigenvalue weighted by Gasteiger charge is -2.36. The van der Waals surface area contributed by atoms with Gasteiger partial charge in [-0.3, -0.25) is 4.40 Å². The minimum atomic E-state index is 0.465. The number of nitrogen functional groups attached to an aromatic ring is 1. The molecule has 1 fully saturated rings. The van der Waals surface area contributed by atoms with E-state index >= 15 is 0 Å². The number of ether oxygens (including phenoxy) is 1. The van der Waals surface area contributed by atoms with Gasteiger partial charge in [-0.05, 0) is 51.4 Å². The van der Waals surface area contributed by atoms with E-state index in [0.717, 1.165) is 60.3 Å². The summed E-state index contributed by atoms with van der Waals surface area (Å²) in [5.41, 5.74) is 9.09. The second-order valence-corrected chi connectivity index (χ2v) is 8.38. The standard InChI is InChI=1S/C23H31N5O/c1-4-5-11-29-19-8-6-7-17(14-19)20-21-22(24)25-9-10-28(21)23(26-20)18-12-16(13-18)15-27(2)3/h6-10,14,16,18H,4-5,11-13,15H2,1-3H3,(H2,24,25). The maximum absolute atomic E-state index is 6.29. The molecule has 1 saturated carbocycles. The number of nitrogens with two attached hydrogens (primary N) is 1. The minimum absolute atomic E-state index is 0.465. The summed E-state index contributed by atoms with van der Waals surface area (Å²) >= 11 is 0. The van der Waals surface area contributed by atoms with Crippen LogP contribution in [0.4, 0.5) is 5.82 Å². The monoisotopic (exact) mass is 393 g/mol. The molecule has 0 radical (unpaired) electrons. The van der Waals surface area contributed by atoms with E-state index < -0.39 is 0 Å². The van der Waals surface area contributed by atoms with Crippen LogP contribution in [-0.4, -0.2) is 46.5 Å². The Labute approximate surface area is 172 Å². The molecule has 6 heteroatoms. The lowest BCUT2D eigenvalue weighted by molar-refractivity contribution is 0.194. The van der Waals surface area contributed by atoms with Gasteiger partial charge in [0.05, 0.1) is 6.61 Å². The fourth-order valence-corrected chi connectivity index (χ4v) is 4.26. The van der Waals surface area contributed by atoms with E-state index in [0.29, 0.717) is 11.7 Å². The van der Waals surface area contributed by atoms with Crippen molar-refractivity contribution in [3.05, 3.63) is 42.5 Å². The van der Waals surface area contributed by atoms with Crippen molar-refractivity contribution in [1.82, 2.24) is 19.3 Å². The van der Waals surface area contributed by atoms with Crippen LogP contribution in [0.3, 0.4) is 0 Å². The van der Waals surface area contributed by atoms with Gasteiger partial charge in [0.25, 0.3) is 0 Å². The first-order valence-corrected chi connectivity index (χ1v) is 10.6. The van der Waals surface area contributed by atoms with E-state index in [1.54, 1.807) is 6.20 Å². The molecular weight excluding hydrogens is 362 g/mol. The Morgan fingerprint density at radius 1 is 1.28 bits per heavy atom. The van der Waals surface area contributed by atoms with Gasteiger partial charge in [0.1, 0.15) is 28.6 Å². The topological polar surface area (TPSA) is 68.7 Å². The number of hydrogen-bond acceptors (Lipinski definition) is 5. The zero-order valence-corrected chi connectivity index (χ0v) is 17.6. The Hall–Kier alpha value is -2.60. The van der Waals surface area contributed by atoms with Gasteiger partial charge in [0.15, 0.2) is 0 Å². The van der Waals surface area contributed by atoms with Crippen molar-refractivity contribution < 1.29 is 4.74 Å². The third-order valence-electron chi connectivity index (χ3n) is 5.71. The largest absolute Gasteiger partial charge is 0.494 e. The molecule has 0 unspecified atom stereocenters. The molecule has 0 spiro atoms. The summed E-state index contributed by atoms with van der Waals surface area (Å²) in [7, 11) is 4.27. The van der Waals surface area contributed by atoms with Crippen LogP contribution in [0.2, 0.25) is 0 Å². The first-order chi connectivity index (χ1) is 14.1. The number of aromatic nitrogens is 3. The fraction of sp³-hybridized carbons (Fsp3) is 0.478. The predicted molar refractivity (Wildman–Crippen MR) is 117 cm³/mol. The highest BCUT2D eigenvalue weighted by molar-refractivity contribution is 5.85. The summed E-state index contributed by atoms with van der Waals surface area (Å²) < 4.78 is 8.04. The number of imidazole rings is 1. The molecule has 0 bridgehead atoms. The third-order valence-corrected chi connectivity index (χ3v) is 5.71. The van der Waals surface area contributed by atoms with E-state index in [9.17, 15) is 0 Å². The van der Waals surface area contributed by atoms with E-state index in [-0.39, 0.29) is 0 Å². The van der Waals surface area contributed by atoms with Crippen molar-refractivity contribution in [2.24, 2.45) is 5.92 Å². The molecule has 2 heterocycles. The summed E-state index contributed by atoms with van der Waals surface area (Å²) in [5.74, 6) is 3.68.